The minimum Gasteiger partial charge on any atom is -0.463 e. The molecule has 0 saturated carbocycles. The maximum Gasteiger partial charge on any atom is 0.410 e. The van der Waals surface area contributed by atoms with E-state index >= 15 is 0 Å². The van der Waals surface area contributed by atoms with Crippen LogP contribution in [-0.4, -0.2) is 42.3 Å². The van der Waals surface area contributed by atoms with Gasteiger partial charge >= 0.3 is 12.1 Å². The fraction of sp³-hybridized carbons (Fsp3) is 0.733. The van der Waals surface area contributed by atoms with Crippen molar-refractivity contribution in [2.75, 3.05) is 19.7 Å². The van der Waals surface area contributed by atoms with Crippen molar-refractivity contribution in [3.05, 3.63) is 12.2 Å². The molecule has 1 unspecified atom stereocenters. The number of likely N-dealkylation sites (tertiary alicyclic amines) is 1. The van der Waals surface area contributed by atoms with Gasteiger partial charge in [0, 0.05) is 24.6 Å². The highest BCUT2D eigenvalue weighted by molar-refractivity contribution is 5.88. The third kappa shape index (κ3) is 4.87. The predicted molar refractivity (Wildman–Crippen MR) is 76.3 cm³/mol. The Hall–Kier alpha value is -1.52. The maximum atomic E-state index is 12.0. The van der Waals surface area contributed by atoms with Crippen molar-refractivity contribution in [1.29, 1.82) is 0 Å². The highest BCUT2D eigenvalue weighted by Crippen LogP contribution is 2.24. The first kappa shape index (κ1) is 16.5. The van der Waals surface area contributed by atoms with Crippen LogP contribution in [0.25, 0.3) is 0 Å². The lowest BCUT2D eigenvalue weighted by atomic mass is 9.91. The van der Waals surface area contributed by atoms with E-state index in [1.807, 2.05) is 20.8 Å². The number of carbonyl (C=O) groups excluding carboxylic acids is 2. The second-order valence-corrected chi connectivity index (χ2v) is 6.01. The van der Waals surface area contributed by atoms with Crippen LogP contribution in [0.15, 0.2) is 12.2 Å². The van der Waals surface area contributed by atoms with E-state index in [0.29, 0.717) is 25.3 Å². The number of ether oxygens (including phenoxy) is 2. The van der Waals surface area contributed by atoms with E-state index < -0.39 is 5.60 Å². The van der Waals surface area contributed by atoms with Crippen LogP contribution >= 0.6 is 0 Å². The first-order valence-electron chi connectivity index (χ1n) is 7.08. The molecule has 0 bridgehead atoms. The van der Waals surface area contributed by atoms with E-state index in [2.05, 4.69) is 6.58 Å². The molecule has 5 nitrogen and oxygen atoms in total. The Morgan fingerprint density at radius 3 is 2.55 bits per heavy atom. The van der Waals surface area contributed by atoms with E-state index in [1.165, 1.54) is 0 Å². The van der Waals surface area contributed by atoms with Gasteiger partial charge in [-0.15, -0.1) is 0 Å². The number of carbonyl (C=O) groups is 2. The van der Waals surface area contributed by atoms with Crippen molar-refractivity contribution in [3.8, 4) is 0 Å². The van der Waals surface area contributed by atoms with Crippen LogP contribution < -0.4 is 0 Å². The third-order valence-electron chi connectivity index (χ3n) is 3.10. The van der Waals surface area contributed by atoms with Crippen molar-refractivity contribution in [1.82, 2.24) is 4.90 Å². The van der Waals surface area contributed by atoms with E-state index in [4.69, 9.17) is 9.47 Å². The van der Waals surface area contributed by atoms with Gasteiger partial charge in [0.25, 0.3) is 0 Å². The maximum absolute atomic E-state index is 12.0. The molecule has 1 rings (SSSR count). The van der Waals surface area contributed by atoms with Crippen LogP contribution in [0.1, 0.15) is 40.5 Å². The molecule has 114 valence electrons. The van der Waals surface area contributed by atoms with Crippen molar-refractivity contribution in [3.63, 3.8) is 0 Å². The number of rotatable bonds is 3. The van der Waals surface area contributed by atoms with Crippen LogP contribution in [0.5, 0.6) is 0 Å². The Bertz CT molecular complexity index is 384. The van der Waals surface area contributed by atoms with Gasteiger partial charge in [-0.3, -0.25) is 0 Å². The van der Waals surface area contributed by atoms with Crippen molar-refractivity contribution in [2.24, 2.45) is 5.92 Å². The number of piperidine rings is 1. The third-order valence-corrected chi connectivity index (χ3v) is 3.10. The summed E-state index contributed by atoms with van der Waals surface area (Å²) in [6, 6.07) is 0. The molecule has 0 aromatic rings. The fourth-order valence-electron chi connectivity index (χ4n) is 2.14. The van der Waals surface area contributed by atoms with Gasteiger partial charge in [0.15, 0.2) is 0 Å². The molecule has 0 aliphatic carbocycles. The van der Waals surface area contributed by atoms with Crippen LogP contribution in [0.3, 0.4) is 0 Å². The average Bonchev–Trinajstić information content (AvgIpc) is 2.36. The van der Waals surface area contributed by atoms with Gasteiger partial charge in [0.1, 0.15) is 5.60 Å². The van der Waals surface area contributed by atoms with E-state index in [9.17, 15) is 9.59 Å². The van der Waals surface area contributed by atoms with E-state index in [-0.39, 0.29) is 18.0 Å². The summed E-state index contributed by atoms with van der Waals surface area (Å²) in [6.45, 7) is 12.5. The SMILES string of the molecule is C=C(C(=O)OCC)C1CCCN(C(=O)OC(C)(C)C)C1. The summed E-state index contributed by atoms with van der Waals surface area (Å²) in [7, 11) is 0. The topological polar surface area (TPSA) is 55.8 Å². The van der Waals surface area contributed by atoms with E-state index in [0.717, 1.165) is 12.8 Å². The van der Waals surface area contributed by atoms with Gasteiger partial charge in [0.05, 0.1) is 6.61 Å². The Labute approximate surface area is 120 Å². The number of hydrogen-bond donors (Lipinski definition) is 0. The number of hydrogen-bond acceptors (Lipinski definition) is 4. The summed E-state index contributed by atoms with van der Waals surface area (Å²) in [5, 5.41) is 0. The lowest BCUT2D eigenvalue weighted by Gasteiger charge is -2.34. The molecule has 0 N–H and O–H groups in total. The summed E-state index contributed by atoms with van der Waals surface area (Å²) in [6.07, 6.45) is 1.35. The molecule has 1 amide bonds. The zero-order chi connectivity index (χ0) is 15.3. The van der Waals surface area contributed by atoms with Gasteiger partial charge in [0.2, 0.25) is 0 Å². The molecule has 1 aliphatic heterocycles. The Morgan fingerprint density at radius 2 is 2.00 bits per heavy atom. The standard InChI is InChI=1S/C15H25NO4/c1-6-19-13(17)11(2)12-8-7-9-16(10-12)14(18)20-15(3,4)5/h12H,2,6-10H2,1,3-5H3. The summed E-state index contributed by atoms with van der Waals surface area (Å²) < 4.78 is 10.3. The monoisotopic (exact) mass is 283 g/mol. The molecule has 0 aromatic carbocycles. The summed E-state index contributed by atoms with van der Waals surface area (Å²) in [4.78, 5) is 25.4. The predicted octanol–water partition coefficient (Wildman–Crippen LogP) is 2.75. The number of esters is 1. The molecule has 20 heavy (non-hydrogen) atoms. The first-order chi connectivity index (χ1) is 9.24. The molecule has 5 heteroatoms. The average molecular weight is 283 g/mol. The Balaban J connectivity index is 2.60. The van der Waals surface area contributed by atoms with Gasteiger partial charge < -0.3 is 14.4 Å². The minimum atomic E-state index is -0.512. The Kier molecular flexibility index (Phi) is 5.60. The molecule has 1 fully saturated rings. The highest BCUT2D eigenvalue weighted by atomic mass is 16.6. The summed E-state index contributed by atoms with van der Waals surface area (Å²) in [5.41, 5.74) is -0.0672. The van der Waals surface area contributed by atoms with E-state index in [1.54, 1.807) is 11.8 Å². The Morgan fingerprint density at radius 1 is 1.35 bits per heavy atom. The molecule has 1 heterocycles. The van der Waals surface area contributed by atoms with Crippen molar-refractivity contribution >= 4 is 12.1 Å². The van der Waals surface area contributed by atoms with Crippen molar-refractivity contribution < 1.29 is 19.1 Å². The lowest BCUT2D eigenvalue weighted by Crippen LogP contribution is -2.43. The van der Waals surface area contributed by atoms with Crippen LogP contribution in [0.4, 0.5) is 4.79 Å². The van der Waals surface area contributed by atoms with Gasteiger partial charge in [-0.05, 0) is 40.5 Å². The minimum absolute atomic E-state index is 0.0460. The van der Waals surface area contributed by atoms with Crippen LogP contribution in [0.2, 0.25) is 0 Å². The molecule has 0 radical (unpaired) electrons. The summed E-state index contributed by atoms with van der Waals surface area (Å²) in [5.74, 6) is -0.418. The zero-order valence-corrected chi connectivity index (χ0v) is 12.9. The first-order valence-corrected chi connectivity index (χ1v) is 7.08. The van der Waals surface area contributed by atoms with Gasteiger partial charge in [-0.25, -0.2) is 9.59 Å². The molecule has 1 atom stereocenters. The zero-order valence-electron chi connectivity index (χ0n) is 12.9. The van der Waals surface area contributed by atoms with Gasteiger partial charge in [-0.1, -0.05) is 6.58 Å². The molecular formula is C15H25NO4. The lowest BCUT2D eigenvalue weighted by molar-refractivity contribution is -0.139. The molecular weight excluding hydrogens is 258 g/mol. The quantitative estimate of drug-likeness (QED) is 0.590. The van der Waals surface area contributed by atoms with Crippen LogP contribution in [-0.2, 0) is 14.3 Å². The smallest absolute Gasteiger partial charge is 0.410 e. The van der Waals surface area contributed by atoms with Gasteiger partial charge in [-0.2, -0.15) is 0 Å². The summed E-state index contributed by atoms with van der Waals surface area (Å²) >= 11 is 0. The largest absolute Gasteiger partial charge is 0.463 e. The fourth-order valence-corrected chi connectivity index (χ4v) is 2.14. The van der Waals surface area contributed by atoms with Crippen molar-refractivity contribution in [2.45, 2.75) is 46.1 Å². The highest BCUT2D eigenvalue weighted by Gasteiger charge is 2.30. The normalized spacial score (nSPS) is 19.4. The van der Waals surface area contributed by atoms with Crippen LogP contribution in [0, 0.1) is 5.92 Å². The molecule has 1 aliphatic rings. The second-order valence-electron chi connectivity index (χ2n) is 6.01. The number of nitrogens with zero attached hydrogens (tertiary/aromatic N) is 1. The number of amides is 1. The molecule has 0 spiro atoms. The molecule has 1 saturated heterocycles. The second kappa shape index (κ2) is 6.77. The molecule has 0 aromatic heterocycles.